The number of rotatable bonds is 9. The standard InChI is InChI=1S/C26H32N2O6/c1-15(2)22(23(30)28-26(4,14-29)24(31)32)16(3)27-25(33)34-13-21-19-11-7-5-9-17(19)18-10-6-8-12-20(18)21/h5-12,15-16,21-22,29H,13-14H2,1-4H3,(H,27,33)(H,28,30)(H,31,32). The molecule has 0 saturated carbocycles. The van der Waals surface area contributed by atoms with E-state index in [1.165, 1.54) is 6.92 Å². The van der Waals surface area contributed by atoms with Crippen LogP contribution in [0.25, 0.3) is 11.1 Å². The summed E-state index contributed by atoms with van der Waals surface area (Å²) in [6.07, 6.45) is -0.657. The Morgan fingerprint density at radius 1 is 1.00 bits per heavy atom. The molecule has 2 aromatic rings. The first-order valence-electron chi connectivity index (χ1n) is 11.4. The highest BCUT2D eigenvalue weighted by atomic mass is 16.5. The molecule has 8 nitrogen and oxygen atoms in total. The Hall–Kier alpha value is -3.39. The van der Waals surface area contributed by atoms with Gasteiger partial charge in [-0.2, -0.15) is 0 Å². The minimum atomic E-state index is -1.81. The molecule has 0 saturated heterocycles. The Bertz CT molecular complexity index is 1020. The predicted molar refractivity (Wildman–Crippen MR) is 127 cm³/mol. The fourth-order valence-electron chi connectivity index (χ4n) is 4.54. The van der Waals surface area contributed by atoms with E-state index in [9.17, 15) is 24.6 Å². The van der Waals surface area contributed by atoms with Gasteiger partial charge in [-0.1, -0.05) is 62.4 Å². The molecule has 3 rings (SSSR count). The second-order valence-corrected chi connectivity index (χ2v) is 9.31. The molecule has 0 bridgehead atoms. The van der Waals surface area contributed by atoms with Crippen molar-refractivity contribution >= 4 is 18.0 Å². The zero-order valence-electron chi connectivity index (χ0n) is 19.9. The minimum absolute atomic E-state index is 0.0847. The van der Waals surface area contributed by atoms with Gasteiger partial charge in [0.15, 0.2) is 5.54 Å². The number of aliphatic carboxylic acids is 1. The van der Waals surface area contributed by atoms with E-state index < -0.39 is 42.1 Å². The highest BCUT2D eigenvalue weighted by molar-refractivity contribution is 5.88. The first-order chi connectivity index (χ1) is 16.1. The molecule has 2 aromatic carbocycles. The van der Waals surface area contributed by atoms with E-state index in [-0.39, 0.29) is 18.4 Å². The van der Waals surface area contributed by atoms with Gasteiger partial charge in [0.25, 0.3) is 0 Å². The van der Waals surface area contributed by atoms with Gasteiger partial charge in [-0.05, 0) is 42.0 Å². The summed E-state index contributed by atoms with van der Waals surface area (Å²) in [4.78, 5) is 36.9. The van der Waals surface area contributed by atoms with Gasteiger partial charge in [0, 0.05) is 12.0 Å². The lowest BCUT2D eigenvalue weighted by atomic mass is 9.87. The van der Waals surface area contributed by atoms with Gasteiger partial charge in [-0.3, -0.25) is 4.79 Å². The number of ether oxygens (including phenoxy) is 1. The van der Waals surface area contributed by atoms with Crippen molar-refractivity contribution in [2.45, 2.75) is 45.2 Å². The van der Waals surface area contributed by atoms with Crippen molar-refractivity contribution < 1.29 is 29.3 Å². The van der Waals surface area contributed by atoms with E-state index in [2.05, 4.69) is 22.8 Å². The molecule has 3 atom stereocenters. The monoisotopic (exact) mass is 468 g/mol. The van der Waals surface area contributed by atoms with Crippen LogP contribution in [0.5, 0.6) is 0 Å². The van der Waals surface area contributed by atoms with Crippen molar-refractivity contribution in [3.8, 4) is 11.1 Å². The van der Waals surface area contributed by atoms with E-state index in [0.29, 0.717) is 0 Å². The predicted octanol–water partition coefficient (Wildman–Crippen LogP) is 3.14. The van der Waals surface area contributed by atoms with Gasteiger partial charge < -0.3 is 25.6 Å². The summed E-state index contributed by atoms with van der Waals surface area (Å²) in [5.74, 6) is -2.94. The van der Waals surface area contributed by atoms with Crippen LogP contribution in [0.15, 0.2) is 48.5 Å². The molecule has 0 radical (unpaired) electrons. The summed E-state index contributed by atoms with van der Waals surface area (Å²) in [5.41, 5.74) is 2.64. The molecule has 0 aromatic heterocycles. The SMILES string of the molecule is CC(C)C(C(=O)NC(C)(CO)C(=O)O)C(C)NC(=O)OCC1c2ccccc2-c2ccccc21. The number of carboxylic acid groups (broad SMARTS) is 1. The van der Waals surface area contributed by atoms with Crippen LogP contribution in [-0.2, 0) is 14.3 Å². The third-order valence-corrected chi connectivity index (χ3v) is 6.44. The molecule has 2 amide bonds. The molecular formula is C26H32N2O6. The van der Waals surface area contributed by atoms with Crippen molar-refractivity contribution in [1.82, 2.24) is 10.6 Å². The maximum absolute atomic E-state index is 12.9. The molecule has 0 spiro atoms. The van der Waals surface area contributed by atoms with Crippen LogP contribution in [0.1, 0.15) is 44.7 Å². The summed E-state index contributed by atoms with van der Waals surface area (Å²) in [6.45, 7) is 5.89. The van der Waals surface area contributed by atoms with Crippen molar-refractivity contribution in [3.63, 3.8) is 0 Å². The summed E-state index contributed by atoms with van der Waals surface area (Å²) in [7, 11) is 0. The van der Waals surface area contributed by atoms with Gasteiger partial charge >= 0.3 is 12.1 Å². The van der Waals surface area contributed by atoms with Gasteiger partial charge in [-0.25, -0.2) is 9.59 Å². The lowest BCUT2D eigenvalue weighted by Crippen LogP contribution is -2.59. The normalized spacial score (nSPS) is 16.1. The fraction of sp³-hybridized carbons (Fsp3) is 0.423. The number of aliphatic hydroxyl groups excluding tert-OH is 1. The van der Waals surface area contributed by atoms with Crippen molar-refractivity contribution in [2.24, 2.45) is 11.8 Å². The first-order valence-corrected chi connectivity index (χ1v) is 11.4. The van der Waals surface area contributed by atoms with Crippen molar-refractivity contribution in [2.75, 3.05) is 13.2 Å². The van der Waals surface area contributed by atoms with Gasteiger partial charge in [0.1, 0.15) is 6.61 Å². The number of amides is 2. The highest BCUT2D eigenvalue weighted by Gasteiger charge is 2.39. The fourth-order valence-corrected chi connectivity index (χ4v) is 4.54. The molecule has 182 valence electrons. The summed E-state index contributed by atoms with van der Waals surface area (Å²) in [5, 5.41) is 23.9. The molecule has 4 N–H and O–H groups in total. The van der Waals surface area contributed by atoms with Crippen LogP contribution in [-0.4, -0.2) is 53.0 Å². The van der Waals surface area contributed by atoms with Crippen LogP contribution in [0.4, 0.5) is 4.79 Å². The maximum Gasteiger partial charge on any atom is 0.407 e. The van der Waals surface area contributed by atoms with Crippen LogP contribution >= 0.6 is 0 Å². The second-order valence-electron chi connectivity index (χ2n) is 9.31. The van der Waals surface area contributed by atoms with Crippen molar-refractivity contribution in [1.29, 1.82) is 0 Å². The topological polar surface area (TPSA) is 125 Å². The Kier molecular flexibility index (Phi) is 7.61. The molecule has 8 heteroatoms. The Balaban J connectivity index is 1.66. The molecule has 3 unspecified atom stereocenters. The van der Waals surface area contributed by atoms with E-state index >= 15 is 0 Å². The number of benzene rings is 2. The smallest absolute Gasteiger partial charge is 0.407 e. The van der Waals surface area contributed by atoms with Crippen LogP contribution in [0.2, 0.25) is 0 Å². The van der Waals surface area contributed by atoms with E-state index in [1.807, 2.05) is 36.4 Å². The summed E-state index contributed by atoms with van der Waals surface area (Å²) in [6, 6.07) is 15.4. The van der Waals surface area contributed by atoms with Crippen LogP contribution in [0, 0.1) is 11.8 Å². The number of alkyl carbamates (subject to hydrolysis) is 1. The van der Waals surface area contributed by atoms with E-state index in [0.717, 1.165) is 22.3 Å². The average Bonchev–Trinajstić information content (AvgIpc) is 3.11. The van der Waals surface area contributed by atoms with Gasteiger partial charge in [0.2, 0.25) is 5.91 Å². The molecule has 0 aliphatic heterocycles. The largest absolute Gasteiger partial charge is 0.479 e. The Morgan fingerprint density at radius 3 is 2.00 bits per heavy atom. The maximum atomic E-state index is 12.9. The second kappa shape index (κ2) is 10.3. The summed E-state index contributed by atoms with van der Waals surface area (Å²) >= 11 is 0. The number of carboxylic acids is 1. The number of aliphatic hydroxyl groups is 1. The zero-order valence-corrected chi connectivity index (χ0v) is 19.9. The molecule has 0 fully saturated rings. The lowest BCUT2D eigenvalue weighted by molar-refractivity contribution is -0.149. The van der Waals surface area contributed by atoms with E-state index in [4.69, 9.17) is 4.74 Å². The number of hydrogen-bond donors (Lipinski definition) is 4. The molecule has 1 aliphatic carbocycles. The van der Waals surface area contributed by atoms with Gasteiger partial charge in [0.05, 0.1) is 12.5 Å². The van der Waals surface area contributed by atoms with E-state index in [1.54, 1.807) is 20.8 Å². The van der Waals surface area contributed by atoms with Gasteiger partial charge in [-0.15, -0.1) is 0 Å². The highest BCUT2D eigenvalue weighted by Crippen LogP contribution is 2.44. The number of fused-ring (bicyclic) bond motifs is 3. The average molecular weight is 469 g/mol. The number of carbonyl (C=O) groups excluding carboxylic acids is 2. The van der Waals surface area contributed by atoms with Crippen molar-refractivity contribution in [3.05, 3.63) is 59.7 Å². The Morgan fingerprint density at radius 2 is 1.53 bits per heavy atom. The Labute approximate surface area is 199 Å². The number of hydrogen-bond acceptors (Lipinski definition) is 5. The molecule has 0 heterocycles. The lowest BCUT2D eigenvalue weighted by Gasteiger charge is -2.31. The third kappa shape index (κ3) is 5.07. The molecular weight excluding hydrogens is 436 g/mol. The quantitative estimate of drug-likeness (QED) is 0.448. The molecule has 34 heavy (non-hydrogen) atoms. The zero-order chi connectivity index (χ0) is 25.0. The number of carbonyl (C=O) groups is 3. The van der Waals surface area contributed by atoms with Crippen LogP contribution < -0.4 is 10.6 Å². The third-order valence-electron chi connectivity index (χ3n) is 6.44. The molecule has 1 aliphatic rings. The number of nitrogens with one attached hydrogen (secondary N) is 2. The first kappa shape index (κ1) is 25.2. The summed E-state index contributed by atoms with van der Waals surface area (Å²) < 4.78 is 5.56. The van der Waals surface area contributed by atoms with Crippen LogP contribution in [0.3, 0.4) is 0 Å². The minimum Gasteiger partial charge on any atom is -0.479 e.